The monoisotopic (exact) mass is 587 g/mol. The van der Waals surface area contributed by atoms with Gasteiger partial charge >= 0.3 is 0 Å². The van der Waals surface area contributed by atoms with Crippen LogP contribution in [0.3, 0.4) is 0 Å². The van der Waals surface area contributed by atoms with E-state index in [1.165, 1.54) is 42.5 Å². The maximum absolute atomic E-state index is 13.1. The number of nitrogens with one attached hydrogen (secondary N) is 1. The van der Waals surface area contributed by atoms with Crippen LogP contribution in [0.15, 0.2) is 66.2 Å². The number of halogens is 2. The zero-order chi connectivity index (χ0) is 25.4. The first-order chi connectivity index (χ1) is 16.8. The fraction of sp³-hybridized carbons (Fsp3) is 0.120. The zero-order valence-corrected chi connectivity index (χ0v) is 20.6. The second kappa shape index (κ2) is 11.9. The number of hydrogen-bond donors (Lipinski definition) is 1. The molecule has 1 N–H and O–H groups in total. The average Bonchev–Trinajstić information content (AvgIpc) is 2.83. The molecule has 0 spiro atoms. The average molecular weight is 587 g/mol. The van der Waals surface area contributed by atoms with Gasteiger partial charge in [0, 0.05) is 17.8 Å². The highest BCUT2D eigenvalue weighted by molar-refractivity contribution is 14.1. The van der Waals surface area contributed by atoms with Gasteiger partial charge in [-0.3, -0.25) is 14.9 Å². The first-order valence-corrected chi connectivity index (χ1v) is 11.4. The molecule has 0 atom stereocenters. The Morgan fingerprint density at radius 1 is 1.20 bits per heavy atom. The molecule has 1 amide bonds. The minimum absolute atomic E-state index is 0.0331. The quantitative estimate of drug-likeness (QED) is 0.110. The highest BCUT2D eigenvalue weighted by Gasteiger charge is 2.15. The van der Waals surface area contributed by atoms with Gasteiger partial charge in [-0.25, -0.2) is 4.39 Å². The minimum Gasteiger partial charge on any atom is -0.490 e. The second-order valence-corrected chi connectivity index (χ2v) is 8.27. The third-order valence-corrected chi connectivity index (χ3v) is 5.42. The SMILES string of the molecule is CCOc1cc(/C=C(\C#N)C(=O)Nc2ccc(F)cc2)cc(I)c1OCc1cccc([N+](=O)[O-])c1. The maximum atomic E-state index is 13.1. The Morgan fingerprint density at radius 2 is 1.94 bits per heavy atom. The van der Waals surface area contributed by atoms with Gasteiger partial charge in [0.05, 0.1) is 15.1 Å². The molecule has 178 valence electrons. The molecule has 0 aliphatic carbocycles. The van der Waals surface area contributed by atoms with Gasteiger partial charge in [0.15, 0.2) is 11.5 Å². The molecule has 35 heavy (non-hydrogen) atoms. The lowest BCUT2D eigenvalue weighted by atomic mass is 10.1. The molecule has 8 nitrogen and oxygen atoms in total. The number of rotatable bonds is 9. The molecule has 0 unspecified atom stereocenters. The van der Waals surface area contributed by atoms with Crippen LogP contribution in [0, 0.1) is 30.8 Å². The van der Waals surface area contributed by atoms with Crippen molar-refractivity contribution in [3.8, 4) is 17.6 Å². The van der Waals surface area contributed by atoms with Crippen molar-refractivity contribution in [1.29, 1.82) is 5.26 Å². The molecule has 0 saturated carbocycles. The third-order valence-electron chi connectivity index (χ3n) is 4.61. The standard InChI is InChI=1S/C25H19FIN3O5/c1-2-34-23-13-17(10-18(14-28)25(31)29-20-8-6-19(26)7-9-20)12-22(27)24(23)35-15-16-4-3-5-21(11-16)30(32)33/h3-13H,2,15H2,1H3,(H,29,31)/b18-10+. The number of nitro benzene ring substituents is 1. The number of carbonyl (C=O) groups excluding carboxylic acids is 1. The van der Waals surface area contributed by atoms with Gasteiger partial charge in [0.25, 0.3) is 11.6 Å². The number of benzene rings is 3. The summed E-state index contributed by atoms with van der Waals surface area (Å²) in [5.74, 6) is -0.249. The fourth-order valence-electron chi connectivity index (χ4n) is 3.04. The maximum Gasteiger partial charge on any atom is 0.269 e. The number of ether oxygens (including phenoxy) is 2. The summed E-state index contributed by atoms with van der Waals surface area (Å²) in [6.45, 7) is 2.22. The van der Waals surface area contributed by atoms with Crippen LogP contribution >= 0.6 is 22.6 Å². The fourth-order valence-corrected chi connectivity index (χ4v) is 3.82. The molecule has 0 saturated heterocycles. The summed E-state index contributed by atoms with van der Waals surface area (Å²) in [6, 6.07) is 16.6. The Kier molecular flexibility index (Phi) is 8.74. The van der Waals surface area contributed by atoms with Crippen LogP contribution in [-0.4, -0.2) is 17.4 Å². The van der Waals surface area contributed by atoms with Crippen LogP contribution in [0.5, 0.6) is 11.5 Å². The highest BCUT2D eigenvalue weighted by atomic mass is 127. The van der Waals surface area contributed by atoms with Crippen molar-refractivity contribution in [3.05, 3.63) is 96.9 Å². The van der Waals surface area contributed by atoms with E-state index < -0.39 is 16.6 Å². The summed E-state index contributed by atoms with van der Waals surface area (Å²) >= 11 is 2.05. The molecule has 0 aliphatic heterocycles. The number of hydrogen-bond acceptors (Lipinski definition) is 6. The first kappa shape index (κ1) is 25.6. The van der Waals surface area contributed by atoms with Crippen LogP contribution in [0.2, 0.25) is 0 Å². The Hall–Kier alpha value is -3.98. The zero-order valence-electron chi connectivity index (χ0n) is 18.5. The van der Waals surface area contributed by atoms with E-state index in [0.717, 1.165) is 0 Å². The molecule has 0 aromatic heterocycles. The molecule has 0 bridgehead atoms. The van der Waals surface area contributed by atoms with E-state index in [0.29, 0.717) is 38.5 Å². The summed E-state index contributed by atoms with van der Waals surface area (Å²) < 4.78 is 25.4. The number of carbonyl (C=O) groups is 1. The molecule has 3 aromatic rings. The number of nitrogens with zero attached hydrogens (tertiary/aromatic N) is 2. The molecule has 0 fully saturated rings. The van der Waals surface area contributed by atoms with E-state index >= 15 is 0 Å². The van der Waals surface area contributed by atoms with Crippen molar-refractivity contribution < 1.29 is 23.6 Å². The smallest absolute Gasteiger partial charge is 0.269 e. The number of amides is 1. The molecule has 10 heteroatoms. The van der Waals surface area contributed by atoms with Crippen LogP contribution in [-0.2, 0) is 11.4 Å². The Balaban J connectivity index is 1.84. The van der Waals surface area contributed by atoms with Crippen molar-refractivity contribution in [2.45, 2.75) is 13.5 Å². The number of nitriles is 1. The second-order valence-electron chi connectivity index (χ2n) is 7.11. The van der Waals surface area contributed by atoms with E-state index in [-0.39, 0.29) is 17.9 Å². The van der Waals surface area contributed by atoms with Gasteiger partial charge in [-0.2, -0.15) is 5.26 Å². The van der Waals surface area contributed by atoms with Crippen molar-refractivity contribution in [3.63, 3.8) is 0 Å². The largest absolute Gasteiger partial charge is 0.490 e. The topological polar surface area (TPSA) is 114 Å². The molecule has 3 aromatic carbocycles. The lowest BCUT2D eigenvalue weighted by Gasteiger charge is -2.15. The third kappa shape index (κ3) is 7.00. The van der Waals surface area contributed by atoms with E-state index in [4.69, 9.17) is 9.47 Å². The van der Waals surface area contributed by atoms with Crippen LogP contribution in [0.1, 0.15) is 18.1 Å². The van der Waals surface area contributed by atoms with Gasteiger partial charge in [-0.15, -0.1) is 0 Å². The predicted octanol–water partition coefficient (Wildman–Crippen LogP) is 5.86. The normalized spacial score (nSPS) is 10.9. The Morgan fingerprint density at radius 3 is 2.60 bits per heavy atom. The molecule has 0 radical (unpaired) electrons. The first-order valence-electron chi connectivity index (χ1n) is 10.3. The van der Waals surface area contributed by atoms with Crippen LogP contribution in [0.25, 0.3) is 6.08 Å². The Bertz CT molecular complexity index is 1320. The molecule has 3 rings (SSSR count). The summed E-state index contributed by atoms with van der Waals surface area (Å²) in [5.41, 5.74) is 1.32. The lowest BCUT2D eigenvalue weighted by molar-refractivity contribution is -0.384. The van der Waals surface area contributed by atoms with Gasteiger partial charge < -0.3 is 14.8 Å². The summed E-state index contributed by atoms with van der Waals surface area (Å²) in [5, 5.41) is 23.1. The molecular weight excluding hydrogens is 568 g/mol. The van der Waals surface area contributed by atoms with Crippen LogP contribution < -0.4 is 14.8 Å². The molecule has 0 aliphatic rings. The molecule has 0 heterocycles. The minimum atomic E-state index is -0.641. The van der Waals surface area contributed by atoms with Gasteiger partial charge in [-0.1, -0.05) is 12.1 Å². The number of non-ortho nitro benzene ring substituents is 1. The van der Waals surface area contributed by atoms with Crippen molar-refractivity contribution in [1.82, 2.24) is 0 Å². The summed E-state index contributed by atoms with van der Waals surface area (Å²) in [7, 11) is 0. The van der Waals surface area contributed by atoms with Crippen molar-refractivity contribution in [2.75, 3.05) is 11.9 Å². The predicted molar refractivity (Wildman–Crippen MR) is 136 cm³/mol. The van der Waals surface area contributed by atoms with Crippen molar-refractivity contribution in [2.24, 2.45) is 0 Å². The van der Waals surface area contributed by atoms with Crippen molar-refractivity contribution >= 4 is 45.9 Å². The van der Waals surface area contributed by atoms with E-state index in [1.54, 1.807) is 31.2 Å². The van der Waals surface area contributed by atoms with Gasteiger partial charge in [-0.05, 0) is 83.1 Å². The Labute approximate surface area is 214 Å². The highest BCUT2D eigenvalue weighted by Crippen LogP contribution is 2.35. The van der Waals surface area contributed by atoms with Gasteiger partial charge in [0.2, 0.25) is 0 Å². The molecular formula is C25H19FIN3O5. The summed E-state index contributed by atoms with van der Waals surface area (Å²) in [6.07, 6.45) is 1.41. The van der Waals surface area contributed by atoms with Crippen LogP contribution in [0.4, 0.5) is 15.8 Å². The number of anilines is 1. The van der Waals surface area contributed by atoms with Gasteiger partial charge in [0.1, 0.15) is 24.1 Å². The number of nitro groups is 1. The van der Waals surface area contributed by atoms with E-state index in [9.17, 15) is 24.6 Å². The summed E-state index contributed by atoms with van der Waals surface area (Å²) in [4.78, 5) is 23.1. The lowest BCUT2D eigenvalue weighted by Crippen LogP contribution is -2.13. The van der Waals surface area contributed by atoms with E-state index in [2.05, 4.69) is 5.32 Å². The van der Waals surface area contributed by atoms with E-state index in [1.807, 2.05) is 28.7 Å².